The van der Waals surface area contributed by atoms with Crippen molar-refractivity contribution >= 4 is 54.8 Å². The molecule has 2 aromatic carbocycles. The van der Waals surface area contributed by atoms with E-state index in [2.05, 4.69) is 10.0 Å². The van der Waals surface area contributed by atoms with Crippen LogP contribution in [0.2, 0.25) is 0 Å². The van der Waals surface area contributed by atoms with Crippen molar-refractivity contribution in [3.05, 3.63) is 53.4 Å². The van der Waals surface area contributed by atoms with Gasteiger partial charge < -0.3 is 9.64 Å². The Morgan fingerprint density at radius 2 is 1.72 bits per heavy atom. The molecule has 168 valence electrons. The van der Waals surface area contributed by atoms with Crippen molar-refractivity contribution in [1.82, 2.24) is 4.90 Å². The molecule has 1 fully saturated rings. The lowest BCUT2D eigenvalue weighted by Crippen LogP contribution is -2.26. The third-order valence-corrected chi connectivity index (χ3v) is 7.56. The van der Waals surface area contributed by atoms with Crippen molar-refractivity contribution < 1.29 is 22.7 Å². The number of likely N-dealkylation sites (tertiary alicyclic amines) is 1. The Hall–Kier alpha value is -3.11. The molecule has 1 aromatic heterocycles. The average molecular weight is 474 g/mol. The quantitative estimate of drug-likeness (QED) is 0.548. The van der Waals surface area contributed by atoms with E-state index >= 15 is 0 Å². The monoisotopic (exact) mass is 473 g/mol. The number of anilines is 2. The van der Waals surface area contributed by atoms with Crippen molar-refractivity contribution in [1.29, 1.82) is 0 Å². The Morgan fingerprint density at radius 3 is 2.41 bits per heavy atom. The van der Waals surface area contributed by atoms with Gasteiger partial charge in [-0.15, -0.1) is 11.3 Å². The summed E-state index contributed by atoms with van der Waals surface area (Å²) in [5, 5.41) is 3.33. The lowest BCUT2D eigenvalue weighted by atomic mass is 10.2. The van der Waals surface area contributed by atoms with Crippen molar-refractivity contribution in [3.8, 4) is 0 Å². The number of amides is 2. The molecule has 10 heteroatoms. The molecule has 0 atom stereocenters. The molecule has 32 heavy (non-hydrogen) atoms. The van der Waals surface area contributed by atoms with Crippen molar-refractivity contribution in [2.45, 2.75) is 24.7 Å². The largest absolute Gasteiger partial charge is 0.450 e. The van der Waals surface area contributed by atoms with Gasteiger partial charge in [0.1, 0.15) is 0 Å². The zero-order chi connectivity index (χ0) is 22.7. The van der Waals surface area contributed by atoms with E-state index in [9.17, 15) is 18.0 Å². The van der Waals surface area contributed by atoms with Gasteiger partial charge >= 0.3 is 6.09 Å². The Kier molecular flexibility index (Phi) is 6.33. The molecular formula is C22H23N3O5S2. The third kappa shape index (κ3) is 4.86. The van der Waals surface area contributed by atoms with Gasteiger partial charge in [0.05, 0.1) is 16.4 Å². The zero-order valence-corrected chi connectivity index (χ0v) is 19.1. The van der Waals surface area contributed by atoms with Crippen LogP contribution in [0, 0.1) is 0 Å². The van der Waals surface area contributed by atoms with Crippen molar-refractivity contribution in [2.24, 2.45) is 0 Å². The van der Waals surface area contributed by atoms with Gasteiger partial charge in [-0.3, -0.25) is 14.8 Å². The Morgan fingerprint density at radius 1 is 1.03 bits per heavy atom. The standard InChI is InChI=1S/C22H23N3O5S2/c1-2-30-22(27)23-16-5-8-18(9-6-16)32(28,29)24-17-7-10-19-15(13-17)14-20(31-19)21(26)25-11-3-4-12-25/h5-10,13-14,24H,2-4,11-12H2,1H3,(H,23,27). The zero-order valence-electron chi connectivity index (χ0n) is 17.5. The molecule has 0 spiro atoms. The van der Waals surface area contributed by atoms with Gasteiger partial charge in [-0.25, -0.2) is 13.2 Å². The molecule has 1 aliphatic heterocycles. The normalized spacial score (nSPS) is 13.8. The molecule has 0 bridgehead atoms. The lowest BCUT2D eigenvalue weighted by molar-refractivity contribution is 0.0797. The van der Waals surface area contributed by atoms with E-state index in [1.165, 1.54) is 35.6 Å². The van der Waals surface area contributed by atoms with Gasteiger partial charge in [-0.1, -0.05) is 0 Å². The van der Waals surface area contributed by atoms with Crippen LogP contribution in [0.3, 0.4) is 0 Å². The first-order chi connectivity index (χ1) is 15.4. The lowest BCUT2D eigenvalue weighted by Gasteiger charge is -2.13. The molecule has 4 rings (SSSR count). The van der Waals surface area contributed by atoms with E-state index in [-0.39, 0.29) is 17.4 Å². The molecular weight excluding hydrogens is 450 g/mol. The fourth-order valence-corrected chi connectivity index (χ4v) is 5.57. The van der Waals surface area contributed by atoms with Crippen LogP contribution in [0.5, 0.6) is 0 Å². The van der Waals surface area contributed by atoms with E-state index in [1.807, 2.05) is 17.0 Å². The first kappa shape index (κ1) is 22.1. The summed E-state index contributed by atoms with van der Waals surface area (Å²) in [5.74, 6) is 0.0300. The number of rotatable bonds is 6. The van der Waals surface area contributed by atoms with Crippen LogP contribution in [0.1, 0.15) is 29.4 Å². The summed E-state index contributed by atoms with van der Waals surface area (Å²) < 4.78 is 33.9. The van der Waals surface area contributed by atoms with Gasteiger partial charge in [-0.2, -0.15) is 0 Å². The van der Waals surface area contributed by atoms with Gasteiger partial charge in [-0.05, 0) is 73.7 Å². The molecule has 2 heterocycles. The van der Waals surface area contributed by atoms with Crippen LogP contribution in [-0.2, 0) is 14.8 Å². The van der Waals surface area contributed by atoms with E-state index in [0.29, 0.717) is 16.3 Å². The summed E-state index contributed by atoms with van der Waals surface area (Å²) in [6, 6.07) is 12.8. The van der Waals surface area contributed by atoms with Gasteiger partial charge in [0.25, 0.3) is 15.9 Å². The maximum Gasteiger partial charge on any atom is 0.411 e. The van der Waals surface area contributed by atoms with Crippen LogP contribution < -0.4 is 10.0 Å². The number of sulfonamides is 1. The smallest absolute Gasteiger partial charge is 0.411 e. The molecule has 0 saturated carbocycles. The summed E-state index contributed by atoms with van der Waals surface area (Å²) in [6.45, 7) is 3.50. The summed E-state index contributed by atoms with van der Waals surface area (Å²) >= 11 is 1.41. The highest BCUT2D eigenvalue weighted by molar-refractivity contribution is 7.92. The summed E-state index contributed by atoms with van der Waals surface area (Å²) in [4.78, 5) is 26.7. The van der Waals surface area contributed by atoms with E-state index in [4.69, 9.17) is 4.74 Å². The van der Waals surface area contributed by atoms with E-state index in [0.717, 1.165) is 36.0 Å². The molecule has 0 radical (unpaired) electrons. The summed E-state index contributed by atoms with van der Waals surface area (Å²) in [7, 11) is -3.83. The number of fused-ring (bicyclic) bond motifs is 1. The fourth-order valence-electron chi connectivity index (χ4n) is 3.50. The minimum absolute atomic E-state index is 0.0300. The highest BCUT2D eigenvalue weighted by atomic mass is 32.2. The second-order valence-electron chi connectivity index (χ2n) is 7.34. The number of nitrogens with zero attached hydrogens (tertiary/aromatic N) is 1. The predicted octanol–water partition coefficient (Wildman–Crippen LogP) is 4.51. The molecule has 3 aromatic rings. The second-order valence-corrected chi connectivity index (χ2v) is 10.1. The number of carbonyl (C=O) groups is 2. The first-order valence-corrected chi connectivity index (χ1v) is 12.6. The predicted molar refractivity (Wildman–Crippen MR) is 125 cm³/mol. The molecule has 0 unspecified atom stereocenters. The molecule has 0 aliphatic carbocycles. The fraction of sp³-hybridized carbons (Fsp3) is 0.273. The van der Waals surface area contributed by atoms with Gasteiger partial charge in [0, 0.05) is 29.2 Å². The van der Waals surface area contributed by atoms with Crippen molar-refractivity contribution in [2.75, 3.05) is 29.7 Å². The Labute approximate surface area is 190 Å². The Bertz CT molecular complexity index is 1250. The van der Waals surface area contributed by atoms with E-state index < -0.39 is 16.1 Å². The Balaban J connectivity index is 1.49. The number of thiophene rings is 1. The molecule has 1 saturated heterocycles. The molecule has 2 amide bonds. The highest BCUT2D eigenvalue weighted by Crippen LogP contribution is 2.30. The highest BCUT2D eigenvalue weighted by Gasteiger charge is 2.21. The third-order valence-electron chi connectivity index (χ3n) is 5.06. The number of nitrogens with one attached hydrogen (secondary N) is 2. The van der Waals surface area contributed by atoms with Gasteiger partial charge in [0.15, 0.2) is 0 Å². The minimum Gasteiger partial charge on any atom is -0.450 e. The van der Waals surface area contributed by atoms with E-state index in [1.54, 1.807) is 19.1 Å². The van der Waals surface area contributed by atoms with Crippen LogP contribution in [0.4, 0.5) is 16.2 Å². The number of hydrogen-bond acceptors (Lipinski definition) is 6. The average Bonchev–Trinajstić information content (AvgIpc) is 3.43. The van der Waals surface area contributed by atoms with Crippen molar-refractivity contribution in [3.63, 3.8) is 0 Å². The topological polar surface area (TPSA) is 105 Å². The first-order valence-electron chi connectivity index (χ1n) is 10.3. The maximum absolute atomic E-state index is 12.8. The molecule has 1 aliphatic rings. The maximum atomic E-state index is 12.8. The molecule has 8 nitrogen and oxygen atoms in total. The number of hydrogen-bond donors (Lipinski definition) is 2. The van der Waals surface area contributed by atoms with Crippen LogP contribution in [0.15, 0.2) is 53.4 Å². The van der Waals surface area contributed by atoms with Crippen LogP contribution >= 0.6 is 11.3 Å². The number of benzene rings is 2. The minimum atomic E-state index is -3.83. The SMILES string of the molecule is CCOC(=O)Nc1ccc(S(=O)(=O)Nc2ccc3sc(C(=O)N4CCCC4)cc3c2)cc1. The second kappa shape index (κ2) is 9.17. The van der Waals surface area contributed by atoms with Crippen LogP contribution in [0.25, 0.3) is 10.1 Å². The number of ether oxygens (including phenoxy) is 1. The summed E-state index contributed by atoms with van der Waals surface area (Å²) in [6.07, 6.45) is 1.46. The van der Waals surface area contributed by atoms with Gasteiger partial charge in [0.2, 0.25) is 0 Å². The molecule has 2 N–H and O–H groups in total. The summed E-state index contributed by atoms with van der Waals surface area (Å²) in [5.41, 5.74) is 0.835. The number of carbonyl (C=O) groups excluding carboxylic acids is 2. The van der Waals surface area contributed by atoms with Crippen LogP contribution in [-0.4, -0.2) is 45.0 Å².